The maximum absolute atomic E-state index is 2.43. The Labute approximate surface area is 377 Å². The smallest absolute Gasteiger partial charge is 0.000706 e. The molecule has 1 aliphatic carbocycles. The number of fused-ring (bicyclic) bond motifs is 3. The number of benzene rings is 4. The first-order chi connectivity index (χ1) is 30.3. The van der Waals surface area contributed by atoms with E-state index in [1.54, 1.807) is 0 Å². The molecule has 334 valence electrons. The molecular formula is C61H90. The second kappa shape index (κ2) is 30.8. The van der Waals surface area contributed by atoms with E-state index >= 15 is 0 Å². The Morgan fingerprint density at radius 3 is 1.05 bits per heavy atom. The van der Waals surface area contributed by atoms with Crippen LogP contribution >= 0.6 is 0 Å². The molecule has 0 spiro atoms. The monoisotopic (exact) mass is 823 g/mol. The van der Waals surface area contributed by atoms with Gasteiger partial charge in [0.2, 0.25) is 0 Å². The number of unbranched alkanes of at least 4 members (excludes halogenated alkanes) is 30. The Balaban J connectivity index is 1.01. The van der Waals surface area contributed by atoms with E-state index in [1.807, 2.05) is 0 Å². The normalized spacial score (nSPS) is 12.0. The number of hydrogen-bond donors (Lipinski definition) is 0. The zero-order valence-corrected chi connectivity index (χ0v) is 39.8. The van der Waals surface area contributed by atoms with Crippen molar-refractivity contribution in [3.63, 3.8) is 0 Å². The molecule has 0 unspecified atom stereocenters. The Hall–Kier alpha value is -3.12. The van der Waals surface area contributed by atoms with Crippen LogP contribution in [0.15, 0.2) is 84.9 Å². The fourth-order valence-corrected chi connectivity index (χ4v) is 10.2. The zero-order chi connectivity index (χ0) is 42.4. The summed E-state index contributed by atoms with van der Waals surface area (Å²) in [4.78, 5) is 0. The molecule has 0 amide bonds. The summed E-state index contributed by atoms with van der Waals surface area (Å²) in [5.74, 6) is 0. The van der Waals surface area contributed by atoms with Gasteiger partial charge in [-0.1, -0.05) is 291 Å². The third kappa shape index (κ3) is 18.3. The highest BCUT2D eigenvalue weighted by Crippen LogP contribution is 2.46. The maximum atomic E-state index is 2.43. The summed E-state index contributed by atoms with van der Waals surface area (Å²) >= 11 is 0. The first kappa shape index (κ1) is 48.9. The average molecular weight is 823 g/mol. The van der Waals surface area contributed by atoms with Gasteiger partial charge in [0.05, 0.1) is 0 Å². The Morgan fingerprint density at radius 1 is 0.295 bits per heavy atom. The quantitative estimate of drug-likeness (QED) is 0.0353. The third-order valence-electron chi connectivity index (χ3n) is 14.1. The largest absolute Gasteiger partial charge is 0.0654 e. The number of aryl methyl sites for hydroxylation is 2. The molecule has 4 aromatic rings. The van der Waals surface area contributed by atoms with Gasteiger partial charge >= 0.3 is 0 Å². The molecule has 0 fully saturated rings. The lowest BCUT2D eigenvalue weighted by Crippen LogP contribution is -1.94. The number of rotatable bonds is 36. The van der Waals surface area contributed by atoms with Gasteiger partial charge in [-0.15, -0.1) is 0 Å². The SMILES string of the molecule is CCCCCCCCCCCCCCCCCCc1ccc(-c2ccc3c(c2-c2ccc(CCCCCCCCCCCCCCCCCC)cc2)Cc2ccccc2-3)cc1. The minimum atomic E-state index is 1.02. The third-order valence-corrected chi connectivity index (χ3v) is 14.1. The van der Waals surface area contributed by atoms with E-state index in [9.17, 15) is 0 Å². The van der Waals surface area contributed by atoms with Gasteiger partial charge in [-0.2, -0.15) is 0 Å². The van der Waals surface area contributed by atoms with Gasteiger partial charge in [-0.3, -0.25) is 0 Å². The van der Waals surface area contributed by atoms with Gasteiger partial charge in [0.1, 0.15) is 0 Å². The van der Waals surface area contributed by atoms with Gasteiger partial charge in [0.15, 0.2) is 0 Å². The van der Waals surface area contributed by atoms with E-state index in [4.69, 9.17) is 0 Å². The predicted octanol–water partition coefficient (Wildman–Crippen LogP) is 20.2. The molecule has 0 atom stereocenters. The summed E-state index contributed by atoms with van der Waals surface area (Å²) in [6, 6.07) is 33.2. The van der Waals surface area contributed by atoms with Crippen molar-refractivity contribution in [2.75, 3.05) is 0 Å². The molecule has 0 saturated heterocycles. The van der Waals surface area contributed by atoms with Crippen LogP contribution in [0.2, 0.25) is 0 Å². The molecule has 0 bridgehead atoms. The lowest BCUT2D eigenvalue weighted by atomic mass is 9.87. The van der Waals surface area contributed by atoms with Gasteiger partial charge in [-0.05, 0) is 87.7 Å². The van der Waals surface area contributed by atoms with Crippen molar-refractivity contribution in [3.8, 4) is 33.4 Å². The predicted molar refractivity (Wildman–Crippen MR) is 272 cm³/mol. The standard InChI is InChI=1S/C61H90/c1-3-5-7-9-11-13-15-17-19-21-23-25-27-29-31-33-37-52-41-45-54(46-42-52)58-49-50-59-57-40-36-35-39-56(57)51-60(59)61(58)55-47-43-53(44-48-55)38-34-32-30-28-26-24-22-20-18-16-14-12-10-8-6-4-2/h35-36,39-50H,3-34,37-38,51H2,1-2H3. The van der Waals surface area contributed by atoms with Crippen LogP contribution in [-0.4, -0.2) is 0 Å². The van der Waals surface area contributed by atoms with Gasteiger partial charge in [0.25, 0.3) is 0 Å². The summed E-state index contributed by atoms with van der Waals surface area (Å²) in [6.45, 7) is 4.62. The fourth-order valence-electron chi connectivity index (χ4n) is 10.2. The van der Waals surface area contributed by atoms with Crippen LogP contribution < -0.4 is 0 Å². The van der Waals surface area contributed by atoms with Crippen LogP contribution in [0.25, 0.3) is 33.4 Å². The van der Waals surface area contributed by atoms with Crippen molar-refractivity contribution < 1.29 is 0 Å². The Kier molecular flexibility index (Phi) is 24.7. The molecule has 0 heteroatoms. The molecule has 5 rings (SSSR count). The molecule has 0 radical (unpaired) electrons. The highest BCUT2D eigenvalue weighted by Gasteiger charge is 2.24. The maximum Gasteiger partial charge on any atom is -0.000706 e. The van der Waals surface area contributed by atoms with E-state index in [0.29, 0.717) is 0 Å². The van der Waals surface area contributed by atoms with Crippen molar-refractivity contribution in [2.45, 2.75) is 239 Å². The van der Waals surface area contributed by atoms with Crippen molar-refractivity contribution in [2.24, 2.45) is 0 Å². The molecule has 0 aliphatic heterocycles. The highest BCUT2D eigenvalue weighted by atomic mass is 14.3. The van der Waals surface area contributed by atoms with Crippen LogP contribution in [0.5, 0.6) is 0 Å². The van der Waals surface area contributed by atoms with Crippen LogP contribution in [0, 0.1) is 0 Å². The lowest BCUT2D eigenvalue weighted by Gasteiger charge is -2.17. The average Bonchev–Trinajstić information content (AvgIpc) is 3.68. The van der Waals surface area contributed by atoms with Crippen molar-refractivity contribution in [1.29, 1.82) is 0 Å². The molecule has 0 N–H and O–H groups in total. The molecule has 0 saturated carbocycles. The van der Waals surface area contributed by atoms with Gasteiger partial charge < -0.3 is 0 Å². The van der Waals surface area contributed by atoms with Gasteiger partial charge in [0, 0.05) is 0 Å². The number of hydrogen-bond acceptors (Lipinski definition) is 0. The van der Waals surface area contributed by atoms with Gasteiger partial charge in [-0.25, -0.2) is 0 Å². The van der Waals surface area contributed by atoms with Crippen LogP contribution in [-0.2, 0) is 19.3 Å². The lowest BCUT2D eigenvalue weighted by molar-refractivity contribution is 0.529. The minimum Gasteiger partial charge on any atom is -0.0654 e. The van der Waals surface area contributed by atoms with E-state index < -0.39 is 0 Å². The van der Waals surface area contributed by atoms with Crippen molar-refractivity contribution in [1.82, 2.24) is 0 Å². The first-order valence-electron chi connectivity index (χ1n) is 26.7. The fraction of sp³-hybridized carbons (Fsp3) is 0.607. The van der Waals surface area contributed by atoms with Crippen molar-refractivity contribution >= 4 is 0 Å². The van der Waals surface area contributed by atoms with E-state index in [2.05, 4.69) is 98.8 Å². The highest BCUT2D eigenvalue weighted by molar-refractivity contribution is 5.93. The summed E-state index contributed by atoms with van der Waals surface area (Å²) in [5, 5.41) is 0. The molecule has 61 heavy (non-hydrogen) atoms. The van der Waals surface area contributed by atoms with Crippen LogP contribution in [0.1, 0.15) is 242 Å². The first-order valence-corrected chi connectivity index (χ1v) is 26.7. The van der Waals surface area contributed by atoms with E-state index in [0.717, 1.165) is 6.42 Å². The van der Waals surface area contributed by atoms with E-state index in [-0.39, 0.29) is 0 Å². The Morgan fingerprint density at radius 2 is 0.639 bits per heavy atom. The Bertz CT molecular complexity index is 1690. The van der Waals surface area contributed by atoms with Crippen LogP contribution in [0.3, 0.4) is 0 Å². The molecule has 0 heterocycles. The topological polar surface area (TPSA) is 0 Å². The molecular weight excluding hydrogens is 733 g/mol. The second-order valence-corrected chi connectivity index (χ2v) is 19.3. The van der Waals surface area contributed by atoms with E-state index in [1.165, 1.54) is 274 Å². The summed E-state index contributed by atoms with van der Waals surface area (Å²) in [6.07, 6.45) is 49.0. The summed E-state index contributed by atoms with van der Waals surface area (Å²) in [7, 11) is 0. The summed E-state index contributed by atoms with van der Waals surface area (Å²) < 4.78 is 0. The second-order valence-electron chi connectivity index (χ2n) is 19.3. The van der Waals surface area contributed by atoms with Crippen LogP contribution in [0.4, 0.5) is 0 Å². The van der Waals surface area contributed by atoms with Crippen molar-refractivity contribution in [3.05, 3.63) is 107 Å². The summed E-state index contributed by atoms with van der Waals surface area (Å²) in [5.41, 5.74) is 14.3. The molecule has 0 nitrogen and oxygen atoms in total. The molecule has 0 aromatic heterocycles. The molecule has 4 aromatic carbocycles. The molecule has 1 aliphatic rings. The zero-order valence-electron chi connectivity index (χ0n) is 39.8. The minimum absolute atomic E-state index is 1.02.